The highest BCUT2D eigenvalue weighted by Gasteiger charge is 2.20. The van der Waals surface area contributed by atoms with Crippen molar-refractivity contribution in [1.82, 2.24) is 40.1 Å². The van der Waals surface area contributed by atoms with Gasteiger partial charge in [0.15, 0.2) is 0 Å². The van der Waals surface area contributed by atoms with Crippen molar-refractivity contribution in [2.45, 2.75) is 39.2 Å². The van der Waals surface area contributed by atoms with Crippen molar-refractivity contribution >= 4 is 29.3 Å². The van der Waals surface area contributed by atoms with Gasteiger partial charge in [-0.25, -0.2) is 4.98 Å². The van der Waals surface area contributed by atoms with Crippen LogP contribution in [-0.4, -0.2) is 93.4 Å². The Labute approximate surface area is 247 Å². The molecule has 3 N–H and O–H groups in total. The zero-order valence-corrected chi connectivity index (χ0v) is 25.0. The summed E-state index contributed by atoms with van der Waals surface area (Å²) >= 11 is 0. The highest BCUT2D eigenvalue weighted by Crippen LogP contribution is 2.18. The molecule has 12 heteroatoms. The van der Waals surface area contributed by atoms with E-state index in [2.05, 4.69) is 54.9 Å². The molecule has 0 bridgehead atoms. The molecule has 2 aromatic heterocycles. The topological polar surface area (TPSA) is 133 Å². The number of amides is 2. The third-order valence-electron chi connectivity index (χ3n) is 6.14. The maximum atomic E-state index is 12.5. The number of nitrogens with one attached hydrogen (secondary N) is 3. The normalized spacial score (nSPS) is 11.6. The molecule has 0 saturated heterocycles. The van der Waals surface area contributed by atoms with Crippen LogP contribution in [0, 0.1) is 11.8 Å². The van der Waals surface area contributed by atoms with Gasteiger partial charge in [0.25, 0.3) is 0 Å². The van der Waals surface area contributed by atoms with E-state index in [1.165, 1.54) is 11.0 Å². The summed E-state index contributed by atoms with van der Waals surface area (Å²) < 4.78 is 0. The number of anilines is 3. The lowest BCUT2D eigenvalue weighted by molar-refractivity contribution is -0.135. The van der Waals surface area contributed by atoms with E-state index in [-0.39, 0.29) is 11.8 Å². The lowest BCUT2D eigenvalue weighted by atomic mass is 10.2. The average molecular weight is 573 g/mol. The molecule has 2 heterocycles. The van der Waals surface area contributed by atoms with Crippen LogP contribution in [0.5, 0.6) is 0 Å². The second kappa shape index (κ2) is 16.5. The number of rotatable bonds is 14. The molecule has 12 nitrogen and oxygen atoms in total. The monoisotopic (exact) mass is 572 g/mol. The number of hydrogen-bond donors (Lipinski definition) is 3. The Bertz CT molecular complexity index is 1380. The molecule has 1 atom stereocenters. The third-order valence-corrected chi connectivity index (χ3v) is 6.14. The predicted octanol–water partition coefficient (Wildman–Crippen LogP) is 2.84. The maximum absolute atomic E-state index is 12.5. The molecule has 0 radical (unpaired) electrons. The van der Waals surface area contributed by atoms with E-state index < -0.39 is 6.04 Å². The third kappa shape index (κ3) is 10.0. The van der Waals surface area contributed by atoms with Crippen molar-refractivity contribution in [2.75, 3.05) is 51.4 Å². The summed E-state index contributed by atoms with van der Waals surface area (Å²) in [5.74, 6) is 7.01. The first kappa shape index (κ1) is 31.8. The number of likely N-dealkylation sites (N-methyl/N-ethyl adjacent to an activating group) is 2. The number of carbonyl (C=O) groups is 2. The quantitative estimate of drug-likeness (QED) is 0.151. The van der Waals surface area contributed by atoms with Gasteiger partial charge in [-0.2, -0.15) is 20.0 Å². The number of hydrogen-bond acceptors (Lipinski definition) is 9. The smallest absolute Gasteiger partial charge is 0.246 e. The second-order valence-electron chi connectivity index (χ2n) is 9.86. The van der Waals surface area contributed by atoms with Gasteiger partial charge in [-0.1, -0.05) is 24.8 Å². The SMILES string of the molecule is CCCNc1nc(Nc2ccc(-n3nccn3)cc2)ncc1C#CCCCNC(=O)[C@H](C)N(C)C(=O)/C=C/CN(C)C. The standard InChI is InChI=1S/C30H40N10O2/c1-6-17-31-28-24(22-33-30(37-28)36-25-13-15-26(16-14-25)40-34-19-20-35-40)11-8-7-9-18-32-29(42)23(2)39(5)27(41)12-10-21-38(3)4/h10,12-16,19-20,22-23H,6-7,9,17-18,21H2,1-5H3,(H,32,42)(H2,31,33,36,37)/b12-10+/t23-/m0/s1. The first-order valence-electron chi connectivity index (χ1n) is 14.0. The molecule has 0 spiro atoms. The van der Waals surface area contributed by atoms with Crippen LogP contribution >= 0.6 is 0 Å². The molecular weight excluding hydrogens is 532 g/mol. The number of nitrogens with zero attached hydrogens (tertiary/aromatic N) is 7. The summed E-state index contributed by atoms with van der Waals surface area (Å²) in [7, 11) is 5.47. The molecule has 0 aliphatic heterocycles. The highest BCUT2D eigenvalue weighted by molar-refractivity contribution is 5.92. The van der Waals surface area contributed by atoms with Crippen molar-refractivity contribution in [1.29, 1.82) is 0 Å². The summed E-state index contributed by atoms with van der Waals surface area (Å²) in [4.78, 5) is 38.8. The van der Waals surface area contributed by atoms with Crippen LogP contribution in [0.4, 0.5) is 17.5 Å². The fourth-order valence-electron chi connectivity index (χ4n) is 3.61. The van der Waals surface area contributed by atoms with Crippen molar-refractivity contribution in [2.24, 2.45) is 0 Å². The molecule has 222 valence electrons. The van der Waals surface area contributed by atoms with Crippen molar-refractivity contribution < 1.29 is 9.59 Å². The van der Waals surface area contributed by atoms with Gasteiger partial charge >= 0.3 is 0 Å². The van der Waals surface area contributed by atoms with Crippen LogP contribution in [0.2, 0.25) is 0 Å². The molecule has 0 saturated carbocycles. The fraction of sp³-hybridized carbons (Fsp3) is 0.400. The van der Waals surface area contributed by atoms with Gasteiger partial charge in [0.1, 0.15) is 11.9 Å². The Morgan fingerprint density at radius 2 is 1.83 bits per heavy atom. The minimum Gasteiger partial charge on any atom is -0.369 e. The molecule has 3 rings (SSSR count). The fourth-order valence-corrected chi connectivity index (χ4v) is 3.61. The van der Waals surface area contributed by atoms with Gasteiger partial charge in [0, 0.05) is 44.9 Å². The van der Waals surface area contributed by atoms with Crippen LogP contribution < -0.4 is 16.0 Å². The lowest BCUT2D eigenvalue weighted by Gasteiger charge is -2.23. The zero-order chi connectivity index (χ0) is 30.3. The molecule has 42 heavy (non-hydrogen) atoms. The number of aromatic nitrogens is 5. The van der Waals surface area contributed by atoms with E-state index in [1.54, 1.807) is 43.4 Å². The van der Waals surface area contributed by atoms with Gasteiger partial charge in [-0.3, -0.25) is 9.59 Å². The number of unbranched alkanes of at least 4 members (excludes halogenated alkanes) is 1. The number of benzene rings is 1. The zero-order valence-electron chi connectivity index (χ0n) is 25.0. The van der Waals surface area contributed by atoms with Crippen molar-refractivity contribution in [3.8, 4) is 17.5 Å². The summed E-state index contributed by atoms with van der Waals surface area (Å²) in [5.41, 5.74) is 2.38. The predicted molar refractivity (Wildman–Crippen MR) is 165 cm³/mol. The minimum absolute atomic E-state index is 0.199. The van der Waals surface area contributed by atoms with Gasteiger partial charge < -0.3 is 25.8 Å². The molecular formula is C30H40N10O2. The maximum Gasteiger partial charge on any atom is 0.246 e. The Balaban J connectivity index is 1.50. The van der Waals surface area contributed by atoms with Crippen LogP contribution in [-0.2, 0) is 9.59 Å². The van der Waals surface area contributed by atoms with Crippen LogP contribution in [0.3, 0.4) is 0 Å². The van der Waals surface area contributed by atoms with E-state index in [0.717, 1.165) is 24.3 Å². The molecule has 2 amide bonds. The molecule has 0 unspecified atom stereocenters. The summed E-state index contributed by atoms with van der Waals surface area (Å²) in [6.45, 7) is 5.67. The molecule has 0 fully saturated rings. The van der Waals surface area contributed by atoms with E-state index in [1.807, 2.05) is 43.3 Å². The first-order chi connectivity index (χ1) is 20.3. The van der Waals surface area contributed by atoms with Gasteiger partial charge in [0.05, 0.1) is 29.8 Å². The van der Waals surface area contributed by atoms with Gasteiger partial charge in [-0.15, -0.1) is 0 Å². The van der Waals surface area contributed by atoms with Gasteiger partial charge in [-0.05, 0) is 58.1 Å². The Morgan fingerprint density at radius 3 is 2.52 bits per heavy atom. The lowest BCUT2D eigenvalue weighted by Crippen LogP contribution is -2.45. The summed E-state index contributed by atoms with van der Waals surface area (Å²) in [6.07, 6.45) is 10.4. The van der Waals surface area contributed by atoms with Gasteiger partial charge in [0.2, 0.25) is 17.8 Å². The highest BCUT2D eigenvalue weighted by atomic mass is 16.2. The van der Waals surface area contributed by atoms with E-state index in [0.29, 0.717) is 43.3 Å². The largest absolute Gasteiger partial charge is 0.369 e. The first-order valence-corrected chi connectivity index (χ1v) is 14.0. The Hall–Kier alpha value is -4.76. The minimum atomic E-state index is -0.574. The summed E-state index contributed by atoms with van der Waals surface area (Å²) in [5, 5.41) is 17.7. The Morgan fingerprint density at radius 1 is 1.10 bits per heavy atom. The number of carbonyl (C=O) groups excluding carboxylic acids is 2. The van der Waals surface area contributed by atoms with E-state index in [4.69, 9.17) is 0 Å². The van der Waals surface area contributed by atoms with Crippen LogP contribution in [0.1, 0.15) is 38.7 Å². The van der Waals surface area contributed by atoms with E-state index in [9.17, 15) is 9.59 Å². The molecule has 1 aromatic carbocycles. The van der Waals surface area contributed by atoms with E-state index >= 15 is 0 Å². The van der Waals surface area contributed by atoms with Crippen molar-refractivity contribution in [3.63, 3.8) is 0 Å². The van der Waals surface area contributed by atoms with Crippen molar-refractivity contribution in [3.05, 3.63) is 60.6 Å². The molecule has 0 aliphatic rings. The molecule has 0 aliphatic carbocycles. The van der Waals surface area contributed by atoms with Crippen LogP contribution in [0.15, 0.2) is 55.0 Å². The van der Waals surface area contributed by atoms with Crippen LogP contribution in [0.25, 0.3) is 5.69 Å². The Kier molecular flexibility index (Phi) is 12.5. The second-order valence-corrected chi connectivity index (χ2v) is 9.86. The summed E-state index contributed by atoms with van der Waals surface area (Å²) in [6, 6.07) is 7.06. The average Bonchev–Trinajstić information content (AvgIpc) is 3.53. The molecule has 3 aromatic rings.